The molecule has 8 heteroatoms. The van der Waals surface area contributed by atoms with E-state index in [4.69, 9.17) is 10.5 Å². The number of anilines is 1. The molecule has 2 amide bonds. The van der Waals surface area contributed by atoms with E-state index in [9.17, 15) is 18.4 Å². The molecule has 1 aromatic carbocycles. The molecule has 0 aromatic heterocycles. The standard InChI is InChI=1S/C12H15F2N3O3/c1-20-3-2-16-11(18)6-17-12(19)7-4-8(13)9(14)5-10(7)15/h4-5H,2-3,6,15H2,1H3,(H,16,18)(H,17,19). The summed E-state index contributed by atoms with van der Waals surface area (Å²) in [5.41, 5.74) is 4.98. The van der Waals surface area contributed by atoms with E-state index < -0.39 is 23.4 Å². The van der Waals surface area contributed by atoms with Gasteiger partial charge in [0.05, 0.1) is 18.7 Å². The predicted molar refractivity (Wildman–Crippen MR) is 68.0 cm³/mol. The third kappa shape index (κ3) is 4.47. The zero-order chi connectivity index (χ0) is 15.1. The van der Waals surface area contributed by atoms with Crippen molar-refractivity contribution in [2.24, 2.45) is 0 Å². The van der Waals surface area contributed by atoms with Gasteiger partial charge in [0.1, 0.15) is 0 Å². The number of hydrogen-bond donors (Lipinski definition) is 3. The fourth-order valence-electron chi connectivity index (χ4n) is 1.37. The summed E-state index contributed by atoms with van der Waals surface area (Å²) in [4.78, 5) is 23.0. The van der Waals surface area contributed by atoms with Crippen LogP contribution in [0.5, 0.6) is 0 Å². The number of ether oxygens (including phenoxy) is 1. The van der Waals surface area contributed by atoms with Crippen molar-refractivity contribution in [2.45, 2.75) is 0 Å². The Labute approximate surface area is 114 Å². The van der Waals surface area contributed by atoms with E-state index in [2.05, 4.69) is 10.6 Å². The van der Waals surface area contributed by atoms with E-state index in [-0.39, 0.29) is 17.8 Å². The smallest absolute Gasteiger partial charge is 0.253 e. The van der Waals surface area contributed by atoms with Gasteiger partial charge >= 0.3 is 0 Å². The molecule has 6 nitrogen and oxygen atoms in total. The maximum Gasteiger partial charge on any atom is 0.253 e. The monoisotopic (exact) mass is 287 g/mol. The molecule has 0 atom stereocenters. The first-order valence-corrected chi connectivity index (χ1v) is 5.74. The van der Waals surface area contributed by atoms with Crippen LogP contribution < -0.4 is 16.4 Å². The minimum atomic E-state index is -1.19. The summed E-state index contributed by atoms with van der Waals surface area (Å²) < 4.78 is 30.6. The van der Waals surface area contributed by atoms with Crippen molar-refractivity contribution >= 4 is 17.5 Å². The second kappa shape index (κ2) is 7.39. The molecule has 0 aliphatic heterocycles. The molecule has 1 rings (SSSR count). The van der Waals surface area contributed by atoms with Crippen LogP contribution in [0, 0.1) is 11.6 Å². The number of carbonyl (C=O) groups is 2. The fraction of sp³-hybridized carbons (Fsp3) is 0.333. The number of nitrogens with two attached hydrogens (primary N) is 1. The van der Waals surface area contributed by atoms with Gasteiger partial charge in [-0.15, -0.1) is 0 Å². The quantitative estimate of drug-likeness (QED) is 0.508. The molecule has 0 saturated carbocycles. The molecule has 0 unspecified atom stereocenters. The molecule has 1 aromatic rings. The van der Waals surface area contributed by atoms with Crippen LogP contribution >= 0.6 is 0 Å². The van der Waals surface area contributed by atoms with Gasteiger partial charge in [-0.25, -0.2) is 8.78 Å². The second-order valence-corrected chi connectivity index (χ2v) is 3.88. The maximum atomic E-state index is 13.0. The molecule has 4 N–H and O–H groups in total. The van der Waals surface area contributed by atoms with E-state index in [1.807, 2.05) is 0 Å². The van der Waals surface area contributed by atoms with Crippen molar-refractivity contribution in [3.8, 4) is 0 Å². The zero-order valence-electron chi connectivity index (χ0n) is 10.8. The van der Waals surface area contributed by atoms with Crippen LogP contribution in [0.15, 0.2) is 12.1 Å². The summed E-state index contributed by atoms with van der Waals surface area (Å²) in [6.45, 7) is 0.343. The SMILES string of the molecule is COCCNC(=O)CNC(=O)c1cc(F)c(F)cc1N. The van der Waals surface area contributed by atoms with Gasteiger partial charge in [0.15, 0.2) is 11.6 Å². The van der Waals surface area contributed by atoms with Gasteiger partial charge in [0, 0.05) is 25.4 Å². The highest BCUT2D eigenvalue weighted by Gasteiger charge is 2.14. The van der Waals surface area contributed by atoms with Gasteiger partial charge in [-0.1, -0.05) is 0 Å². The Hall–Kier alpha value is -2.22. The first kappa shape index (κ1) is 15.8. The first-order valence-electron chi connectivity index (χ1n) is 5.74. The van der Waals surface area contributed by atoms with Crippen molar-refractivity contribution in [3.05, 3.63) is 29.3 Å². The number of methoxy groups -OCH3 is 1. The minimum absolute atomic E-state index is 0.207. The van der Waals surface area contributed by atoms with Crippen LogP contribution in [0.1, 0.15) is 10.4 Å². The molecular weight excluding hydrogens is 272 g/mol. The van der Waals surface area contributed by atoms with E-state index in [1.54, 1.807) is 0 Å². The largest absolute Gasteiger partial charge is 0.398 e. The molecule has 0 aliphatic rings. The number of halogens is 2. The number of nitrogens with one attached hydrogen (secondary N) is 2. The van der Waals surface area contributed by atoms with Gasteiger partial charge < -0.3 is 21.1 Å². The van der Waals surface area contributed by atoms with Crippen LogP contribution in [-0.4, -0.2) is 38.6 Å². The summed E-state index contributed by atoms with van der Waals surface area (Å²) in [6, 6.07) is 1.39. The van der Waals surface area contributed by atoms with E-state index >= 15 is 0 Å². The molecule has 0 bridgehead atoms. The fourth-order valence-corrected chi connectivity index (χ4v) is 1.37. The van der Waals surface area contributed by atoms with Gasteiger partial charge in [0.2, 0.25) is 5.91 Å². The highest BCUT2D eigenvalue weighted by atomic mass is 19.2. The third-order valence-corrected chi connectivity index (χ3v) is 2.37. The summed E-state index contributed by atoms with van der Waals surface area (Å²) in [5, 5.41) is 4.73. The van der Waals surface area contributed by atoms with Crippen molar-refractivity contribution in [3.63, 3.8) is 0 Å². The lowest BCUT2D eigenvalue weighted by Gasteiger charge is -2.08. The highest BCUT2D eigenvalue weighted by molar-refractivity contribution is 6.00. The second-order valence-electron chi connectivity index (χ2n) is 3.88. The topological polar surface area (TPSA) is 93.5 Å². The Balaban J connectivity index is 2.55. The normalized spacial score (nSPS) is 10.2. The number of carbonyl (C=O) groups excluding carboxylic acids is 2. The van der Waals surface area contributed by atoms with Crippen LogP contribution in [0.25, 0.3) is 0 Å². The Morgan fingerprint density at radius 1 is 1.25 bits per heavy atom. The van der Waals surface area contributed by atoms with Crippen molar-refractivity contribution < 1.29 is 23.1 Å². The number of benzene rings is 1. The lowest BCUT2D eigenvalue weighted by atomic mass is 10.1. The van der Waals surface area contributed by atoms with E-state index in [0.717, 1.165) is 0 Å². The Bertz CT molecular complexity index is 509. The van der Waals surface area contributed by atoms with Gasteiger partial charge in [0.25, 0.3) is 5.91 Å². The van der Waals surface area contributed by atoms with Crippen LogP contribution in [0.4, 0.5) is 14.5 Å². The van der Waals surface area contributed by atoms with Crippen LogP contribution in [-0.2, 0) is 9.53 Å². The van der Waals surface area contributed by atoms with Crippen molar-refractivity contribution in [2.75, 3.05) is 32.5 Å². The minimum Gasteiger partial charge on any atom is -0.398 e. The number of rotatable bonds is 6. The van der Waals surface area contributed by atoms with Crippen molar-refractivity contribution in [1.82, 2.24) is 10.6 Å². The number of nitrogen functional groups attached to an aromatic ring is 1. The molecule has 0 saturated heterocycles. The Morgan fingerprint density at radius 2 is 1.90 bits per heavy atom. The number of amides is 2. The summed E-state index contributed by atoms with van der Waals surface area (Å²) >= 11 is 0. The Kier molecular flexibility index (Phi) is 5.85. The van der Waals surface area contributed by atoms with E-state index in [1.165, 1.54) is 7.11 Å². The molecule has 20 heavy (non-hydrogen) atoms. The molecule has 0 aliphatic carbocycles. The van der Waals surface area contributed by atoms with Gasteiger partial charge in [-0.3, -0.25) is 9.59 Å². The van der Waals surface area contributed by atoms with Crippen LogP contribution in [0.2, 0.25) is 0 Å². The van der Waals surface area contributed by atoms with Gasteiger partial charge in [-0.2, -0.15) is 0 Å². The lowest BCUT2D eigenvalue weighted by molar-refractivity contribution is -0.120. The molecule has 0 heterocycles. The summed E-state index contributed by atoms with van der Waals surface area (Å²) in [5.74, 6) is -3.52. The maximum absolute atomic E-state index is 13.0. The third-order valence-electron chi connectivity index (χ3n) is 2.37. The summed E-state index contributed by atoms with van der Waals surface area (Å²) in [7, 11) is 1.49. The average molecular weight is 287 g/mol. The first-order chi connectivity index (χ1) is 9.45. The molecule has 0 fully saturated rings. The van der Waals surface area contributed by atoms with Crippen molar-refractivity contribution in [1.29, 1.82) is 0 Å². The molecular formula is C12H15F2N3O3. The molecule has 110 valence electrons. The summed E-state index contributed by atoms with van der Waals surface area (Å²) in [6.07, 6.45) is 0. The predicted octanol–water partition coefficient (Wildman–Crippen LogP) is 0.0394. The Morgan fingerprint density at radius 3 is 2.55 bits per heavy atom. The molecule has 0 spiro atoms. The van der Waals surface area contributed by atoms with E-state index in [0.29, 0.717) is 25.3 Å². The number of hydrogen-bond acceptors (Lipinski definition) is 4. The van der Waals surface area contributed by atoms with Crippen LogP contribution in [0.3, 0.4) is 0 Å². The average Bonchev–Trinajstić information content (AvgIpc) is 2.40. The molecule has 0 radical (unpaired) electrons. The zero-order valence-corrected chi connectivity index (χ0v) is 10.8. The van der Waals surface area contributed by atoms with Gasteiger partial charge in [-0.05, 0) is 6.07 Å². The highest BCUT2D eigenvalue weighted by Crippen LogP contribution is 2.16. The lowest BCUT2D eigenvalue weighted by Crippen LogP contribution is -2.38.